The summed E-state index contributed by atoms with van der Waals surface area (Å²) >= 11 is 0. The fourth-order valence-electron chi connectivity index (χ4n) is 0.778. The summed E-state index contributed by atoms with van der Waals surface area (Å²) in [5.74, 6) is -1.23. The topological polar surface area (TPSA) is 89.0 Å². The molecule has 0 spiro atoms. The first-order chi connectivity index (χ1) is 5.22. The molecule has 1 atom stereocenters. The quantitative estimate of drug-likeness (QED) is 0.653. The van der Waals surface area contributed by atoms with Gasteiger partial charge in [-0.15, -0.1) is 0 Å². The van der Waals surface area contributed by atoms with Gasteiger partial charge < -0.3 is 15.7 Å². The fraction of sp³-hybridized carbons (Fsp3) is 0.125. The first-order valence-electron chi connectivity index (χ1n) is 3.17. The molecule has 0 aliphatic heterocycles. The lowest BCUT2D eigenvalue weighted by molar-refractivity contribution is -0.146. The lowest BCUT2D eigenvalue weighted by Crippen LogP contribution is -2.09. The Morgan fingerprint density at radius 3 is 2.17 bits per heavy atom. The van der Waals surface area contributed by atoms with Gasteiger partial charge in [-0.2, -0.15) is 0 Å². The van der Waals surface area contributed by atoms with E-state index < -0.39 is 12.1 Å². The van der Waals surface area contributed by atoms with Crippen LogP contribution in [0.2, 0.25) is 0 Å². The molecule has 0 aliphatic rings. The van der Waals surface area contributed by atoms with Crippen molar-refractivity contribution in [2.45, 2.75) is 6.10 Å². The average Bonchev–Trinajstić information content (AvgIpc) is 2.05. The molecule has 0 aromatic heterocycles. The van der Waals surface area contributed by atoms with Crippen LogP contribution in [0, 0.1) is 0 Å². The monoisotopic (exact) mass is 170 g/mol. The maximum atomic E-state index is 10.2. The predicted octanol–water partition coefficient (Wildman–Crippen LogP) is -0.0201. The molecular weight excluding hydrogens is 160 g/mol. The molecule has 1 aromatic carbocycles. The van der Waals surface area contributed by atoms with E-state index in [0.717, 1.165) is 0 Å². The maximum Gasteiger partial charge on any atom is 0.337 e. The van der Waals surface area contributed by atoms with Gasteiger partial charge in [0.15, 0.2) is 6.10 Å². The van der Waals surface area contributed by atoms with E-state index in [1.165, 1.54) is 0 Å². The molecule has 4 heteroatoms. The molecule has 0 saturated carbocycles. The standard InChI is InChI=1S/C8H8O3.H2O/c9-7(8(10)11)6-4-2-1-3-5-6;/h1-5,7,9H,(H,10,11);1H2/t7-;/m1./s1. The fourth-order valence-corrected chi connectivity index (χ4v) is 0.778. The van der Waals surface area contributed by atoms with E-state index in [4.69, 9.17) is 10.2 Å². The van der Waals surface area contributed by atoms with Crippen LogP contribution < -0.4 is 0 Å². The summed E-state index contributed by atoms with van der Waals surface area (Å²) < 4.78 is 0. The molecule has 0 bridgehead atoms. The Balaban J connectivity index is 0.00000121. The zero-order chi connectivity index (χ0) is 8.27. The molecule has 0 radical (unpaired) electrons. The Morgan fingerprint density at radius 2 is 1.75 bits per heavy atom. The van der Waals surface area contributed by atoms with Gasteiger partial charge in [-0.3, -0.25) is 0 Å². The Labute approximate surface area is 69.4 Å². The van der Waals surface area contributed by atoms with Gasteiger partial charge in [0, 0.05) is 0 Å². The van der Waals surface area contributed by atoms with Gasteiger partial charge in [0.2, 0.25) is 0 Å². The summed E-state index contributed by atoms with van der Waals surface area (Å²) in [4.78, 5) is 10.2. The molecule has 0 amide bonds. The Morgan fingerprint density at radius 1 is 1.25 bits per heavy atom. The second-order valence-corrected chi connectivity index (χ2v) is 2.15. The summed E-state index contributed by atoms with van der Waals surface area (Å²) in [5.41, 5.74) is 0.403. The molecule has 0 fully saturated rings. The predicted molar refractivity (Wildman–Crippen MR) is 42.7 cm³/mol. The highest BCUT2D eigenvalue weighted by atomic mass is 16.4. The van der Waals surface area contributed by atoms with Crippen molar-refractivity contribution in [2.75, 3.05) is 0 Å². The minimum Gasteiger partial charge on any atom is -0.479 e. The third-order valence-electron chi connectivity index (χ3n) is 1.35. The van der Waals surface area contributed by atoms with E-state index in [0.29, 0.717) is 5.56 Å². The molecule has 1 rings (SSSR count). The van der Waals surface area contributed by atoms with Crippen molar-refractivity contribution < 1.29 is 20.5 Å². The first kappa shape index (κ1) is 10.6. The van der Waals surface area contributed by atoms with E-state index >= 15 is 0 Å². The summed E-state index contributed by atoms with van der Waals surface area (Å²) in [6.45, 7) is 0. The van der Waals surface area contributed by atoms with E-state index in [9.17, 15) is 4.79 Å². The van der Waals surface area contributed by atoms with Crippen molar-refractivity contribution in [3.8, 4) is 0 Å². The van der Waals surface area contributed by atoms with Crippen molar-refractivity contribution in [2.24, 2.45) is 0 Å². The zero-order valence-electron chi connectivity index (χ0n) is 6.27. The average molecular weight is 170 g/mol. The van der Waals surface area contributed by atoms with Crippen molar-refractivity contribution in [1.29, 1.82) is 0 Å². The molecule has 0 aliphatic carbocycles. The number of aliphatic hydroxyl groups excluding tert-OH is 1. The molecule has 0 saturated heterocycles. The number of rotatable bonds is 2. The number of aliphatic hydroxyl groups is 1. The largest absolute Gasteiger partial charge is 0.479 e. The molecule has 0 heterocycles. The lowest BCUT2D eigenvalue weighted by Gasteiger charge is -2.03. The van der Waals surface area contributed by atoms with Gasteiger partial charge in [-0.05, 0) is 5.56 Å². The van der Waals surface area contributed by atoms with Crippen LogP contribution in [0.25, 0.3) is 0 Å². The molecule has 0 unspecified atom stereocenters. The number of carboxylic acid groups (broad SMARTS) is 1. The maximum absolute atomic E-state index is 10.2. The van der Waals surface area contributed by atoms with Crippen LogP contribution in [-0.2, 0) is 4.79 Å². The zero-order valence-corrected chi connectivity index (χ0v) is 6.27. The van der Waals surface area contributed by atoms with Gasteiger partial charge in [-0.1, -0.05) is 30.3 Å². The number of benzene rings is 1. The van der Waals surface area contributed by atoms with E-state index in [1.807, 2.05) is 0 Å². The molecule has 12 heavy (non-hydrogen) atoms. The molecule has 4 N–H and O–H groups in total. The van der Waals surface area contributed by atoms with Crippen molar-refractivity contribution in [3.05, 3.63) is 35.9 Å². The summed E-state index contributed by atoms with van der Waals surface area (Å²) in [6, 6.07) is 8.26. The van der Waals surface area contributed by atoms with Crippen molar-refractivity contribution in [3.63, 3.8) is 0 Å². The second kappa shape index (κ2) is 4.48. The minimum absolute atomic E-state index is 0. The lowest BCUT2D eigenvalue weighted by atomic mass is 10.1. The van der Waals surface area contributed by atoms with Crippen LogP contribution in [0.3, 0.4) is 0 Å². The molecular formula is C8H10O4. The van der Waals surface area contributed by atoms with Crippen LogP contribution in [0.5, 0.6) is 0 Å². The normalized spacial score (nSPS) is 11.4. The molecule has 1 aromatic rings. The second-order valence-electron chi connectivity index (χ2n) is 2.15. The van der Waals surface area contributed by atoms with Crippen LogP contribution in [0.1, 0.15) is 11.7 Å². The van der Waals surface area contributed by atoms with E-state index in [2.05, 4.69) is 0 Å². The third kappa shape index (κ3) is 2.34. The highest BCUT2D eigenvalue weighted by Crippen LogP contribution is 2.10. The third-order valence-corrected chi connectivity index (χ3v) is 1.35. The van der Waals surface area contributed by atoms with Gasteiger partial charge in [0.25, 0.3) is 0 Å². The summed E-state index contributed by atoms with van der Waals surface area (Å²) in [7, 11) is 0. The Bertz CT molecular complexity index is 244. The summed E-state index contributed by atoms with van der Waals surface area (Å²) in [6.07, 6.45) is -1.41. The van der Waals surface area contributed by atoms with Gasteiger partial charge in [0.1, 0.15) is 0 Å². The van der Waals surface area contributed by atoms with E-state index in [1.54, 1.807) is 30.3 Å². The van der Waals surface area contributed by atoms with Gasteiger partial charge in [0.05, 0.1) is 0 Å². The number of aliphatic carboxylic acids is 1. The minimum atomic E-state index is -1.41. The number of hydrogen-bond acceptors (Lipinski definition) is 2. The first-order valence-corrected chi connectivity index (χ1v) is 3.17. The number of carboxylic acids is 1. The van der Waals surface area contributed by atoms with Gasteiger partial charge >= 0.3 is 5.97 Å². The van der Waals surface area contributed by atoms with Crippen LogP contribution >= 0.6 is 0 Å². The summed E-state index contributed by atoms with van der Waals surface area (Å²) in [5, 5.41) is 17.4. The molecule has 66 valence electrons. The van der Waals surface area contributed by atoms with Crippen LogP contribution in [-0.4, -0.2) is 21.7 Å². The SMILES string of the molecule is O.O=C(O)[C@H](O)c1ccccc1. The van der Waals surface area contributed by atoms with Crippen molar-refractivity contribution >= 4 is 5.97 Å². The van der Waals surface area contributed by atoms with Gasteiger partial charge in [-0.25, -0.2) is 4.79 Å². The highest BCUT2D eigenvalue weighted by molar-refractivity contribution is 5.73. The van der Waals surface area contributed by atoms with Crippen LogP contribution in [0.4, 0.5) is 0 Å². The van der Waals surface area contributed by atoms with Crippen molar-refractivity contribution in [1.82, 2.24) is 0 Å². The number of hydrogen-bond donors (Lipinski definition) is 2. The van der Waals surface area contributed by atoms with E-state index in [-0.39, 0.29) is 5.48 Å². The number of carbonyl (C=O) groups is 1. The van der Waals surface area contributed by atoms with Crippen LogP contribution in [0.15, 0.2) is 30.3 Å². The molecule has 4 nitrogen and oxygen atoms in total. The highest BCUT2D eigenvalue weighted by Gasteiger charge is 2.14. The smallest absolute Gasteiger partial charge is 0.337 e. The Kier molecular flexibility index (Phi) is 3.96. The Hall–Kier alpha value is -1.39.